The third-order valence-electron chi connectivity index (χ3n) is 5.40. The Balaban J connectivity index is 1.58. The molecule has 8 nitrogen and oxygen atoms in total. The Hall–Kier alpha value is -2.29. The number of aromatic nitrogens is 4. The normalized spacial score (nSPS) is 15.4. The average Bonchev–Trinajstić information content (AvgIpc) is 3.10. The van der Waals surface area contributed by atoms with E-state index < -0.39 is 11.2 Å². The van der Waals surface area contributed by atoms with Gasteiger partial charge in [-0.1, -0.05) is 29.3 Å². The van der Waals surface area contributed by atoms with E-state index in [1.807, 2.05) is 29.7 Å². The highest BCUT2D eigenvalue weighted by Crippen LogP contribution is 2.27. The summed E-state index contributed by atoms with van der Waals surface area (Å²) >= 11 is 12.6. The molecule has 2 aromatic heterocycles. The minimum Gasteiger partial charge on any atom is -0.340 e. The van der Waals surface area contributed by atoms with Gasteiger partial charge in [-0.3, -0.25) is 19.2 Å². The molecular weight excluding hydrogens is 415 g/mol. The lowest BCUT2D eigenvalue weighted by atomic mass is 10.2. The number of aryl methyl sites for hydroxylation is 2. The van der Waals surface area contributed by atoms with Crippen LogP contribution in [0.3, 0.4) is 0 Å². The Morgan fingerprint density at radius 3 is 2.38 bits per heavy atom. The molecule has 1 fully saturated rings. The van der Waals surface area contributed by atoms with Crippen molar-refractivity contribution in [3.8, 4) is 0 Å². The van der Waals surface area contributed by atoms with Crippen molar-refractivity contribution in [3.05, 3.63) is 54.6 Å². The molecule has 1 aliphatic heterocycles. The smallest absolute Gasteiger partial charge is 0.329 e. The molecule has 154 valence electrons. The van der Waals surface area contributed by atoms with Crippen LogP contribution in [-0.2, 0) is 20.1 Å². The molecule has 1 saturated heterocycles. The van der Waals surface area contributed by atoms with Crippen molar-refractivity contribution in [1.82, 2.24) is 24.0 Å². The van der Waals surface area contributed by atoms with Crippen LogP contribution in [0.2, 0.25) is 10.0 Å². The van der Waals surface area contributed by atoms with E-state index in [4.69, 9.17) is 23.2 Å². The molecule has 4 rings (SSSR count). The van der Waals surface area contributed by atoms with E-state index in [0.717, 1.165) is 31.7 Å². The standard InChI is InChI=1S/C19H22Cl2N6O2/c1-3-27-15-16(24(2)19(29)23-17(15)28)22-18(27)26-9-7-25(8-10-26)11-12-13(20)5-4-6-14(12)21/h4-6H,3,7-11H2,1-2H3,(H,23,28,29). The fourth-order valence-corrected chi connectivity index (χ4v) is 4.29. The summed E-state index contributed by atoms with van der Waals surface area (Å²) in [5, 5.41) is 1.35. The highest BCUT2D eigenvalue weighted by molar-refractivity contribution is 6.35. The van der Waals surface area contributed by atoms with Gasteiger partial charge in [0.1, 0.15) is 0 Å². The molecule has 0 atom stereocenters. The number of anilines is 1. The van der Waals surface area contributed by atoms with Crippen LogP contribution in [0.15, 0.2) is 27.8 Å². The maximum Gasteiger partial charge on any atom is 0.329 e. The molecule has 10 heteroatoms. The van der Waals surface area contributed by atoms with E-state index in [0.29, 0.717) is 40.2 Å². The Kier molecular flexibility index (Phi) is 5.42. The monoisotopic (exact) mass is 436 g/mol. The third kappa shape index (κ3) is 3.56. The molecule has 0 spiro atoms. The maximum atomic E-state index is 12.4. The fourth-order valence-electron chi connectivity index (χ4n) is 3.78. The Morgan fingerprint density at radius 2 is 1.76 bits per heavy atom. The van der Waals surface area contributed by atoms with E-state index in [1.165, 1.54) is 4.57 Å². The van der Waals surface area contributed by atoms with Crippen LogP contribution in [0, 0.1) is 0 Å². The first kappa shape index (κ1) is 20.0. The molecule has 0 amide bonds. The van der Waals surface area contributed by atoms with Gasteiger partial charge in [0.15, 0.2) is 11.2 Å². The molecule has 29 heavy (non-hydrogen) atoms. The predicted octanol–water partition coefficient (Wildman–Crippen LogP) is 2.07. The average molecular weight is 437 g/mol. The number of hydrogen-bond donors (Lipinski definition) is 1. The second kappa shape index (κ2) is 7.85. The lowest BCUT2D eigenvalue weighted by Gasteiger charge is -2.35. The molecule has 0 aliphatic carbocycles. The number of aromatic amines is 1. The second-order valence-electron chi connectivity index (χ2n) is 7.11. The first-order valence-corrected chi connectivity index (χ1v) is 10.3. The zero-order valence-corrected chi connectivity index (χ0v) is 17.8. The van der Waals surface area contributed by atoms with Gasteiger partial charge in [0.05, 0.1) is 0 Å². The van der Waals surface area contributed by atoms with Crippen LogP contribution in [0.25, 0.3) is 11.2 Å². The zero-order chi connectivity index (χ0) is 20.7. The summed E-state index contributed by atoms with van der Waals surface area (Å²) in [4.78, 5) is 35.7. The SMILES string of the molecule is CCn1c(N2CCN(Cc3c(Cl)cccc3Cl)CC2)nc2c1c(=O)[nH]c(=O)n2C. The number of hydrogen-bond acceptors (Lipinski definition) is 5. The summed E-state index contributed by atoms with van der Waals surface area (Å²) in [6, 6.07) is 5.55. The lowest BCUT2D eigenvalue weighted by Crippen LogP contribution is -2.47. The molecule has 0 bridgehead atoms. The molecule has 1 N–H and O–H groups in total. The van der Waals surface area contributed by atoms with Crippen molar-refractivity contribution >= 4 is 40.3 Å². The van der Waals surface area contributed by atoms with Crippen molar-refractivity contribution in [2.75, 3.05) is 31.1 Å². The minimum atomic E-state index is -0.462. The van der Waals surface area contributed by atoms with Crippen LogP contribution in [-0.4, -0.2) is 50.2 Å². The molecular formula is C19H22Cl2N6O2. The summed E-state index contributed by atoms with van der Waals surface area (Å²) < 4.78 is 3.25. The molecule has 3 heterocycles. The Morgan fingerprint density at radius 1 is 1.10 bits per heavy atom. The lowest BCUT2D eigenvalue weighted by molar-refractivity contribution is 0.248. The van der Waals surface area contributed by atoms with E-state index in [2.05, 4.69) is 19.8 Å². The van der Waals surface area contributed by atoms with Gasteiger partial charge < -0.3 is 9.47 Å². The number of fused-ring (bicyclic) bond motifs is 1. The summed E-state index contributed by atoms with van der Waals surface area (Å²) in [5.74, 6) is 0.713. The van der Waals surface area contributed by atoms with Gasteiger partial charge in [0, 0.05) is 61.9 Å². The van der Waals surface area contributed by atoms with Crippen molar-refractivity contribution in [2.24, 2.45) is 7.05 Å². The van der Waals surface area contributed by atoms with Crippen LogP contribution in [0.4, 0.5) is 5.95 Å². The minimum absolute atomic E-state index is 0.404. The van der Waals surface area contributed by atoms with Crippen LogP contribution in [0.1, 0.15) is 12.5 Å². The van der Waals surface area contributed by atoms with E-state index in [9.17, 15) is 9.59 Å². The predicted molar refractivity (Wildman–Crippen MR) is 115 cm³/mol. The van der Waals surface area contributed by atoms with Gasteiger partial charge in [-0.25, -0.2) is 4.79 Å². The van der Waals surface area contributed by atoms with Crippen molar-refractivity contribution in [3.63, 3.8) is 0 Å². The number of imidazole rings is 1. The van der Waals surface area contributed by atoms with Gasteiger partial charge in [0.2, 0.25) is 5.95 Å². The summed E-state index contributed by atoms with van der Waals surface area (Å²) in [6.07, 6.45) is 0. The number of H-pyrrole nitrogens is 1. The van der Waals surface area contributed by atoms with Crippen LogP contribution >= 0.6 is 23.2 Å². The quantitative estimate of drug-likeness (QED) is 0.676. The van der Waals surface area contributed by atoms with Gasteiger partial charge in [-0.2, -0.15) is 4.98 Å². The van der Waals surface area contributed by atoms with E-state index in [-0.39, 0.29) is 0 Å². The zero-order valence-electron chi connectivity index (χ0n) is 16.3. The Labute approximate surface area is 177 Å². The first-order chi connectivity index (χ1) is 13.9. The summed E-state index contributed by atoms with van der Waals surface area (Å²) in [5.41, 5.74) is 0.898. The molecule has 0 unspecified atom stereocenters. The number of halogens is 2. The number of rotatable bonds is 4. The highest BCUT2D eigenvalue weighted by Gasteiger charge is 2.25. The van der Waals surface area contributed by atoms with E-state index in [1.54, 1.807) is 7.05 Å². The van der Waals surface area contributed by atoms with Gasteiger partial charge in [0.25, 0.3) is 5.56 Å². The summed E-state index contributed by atoms with van der Waals surface area (Å²) in [6.45, 7) is 6.35. The molecule has 3 aromatic rings. The number of piperazine rings is 1. The van der Waals surface area contributed by atoms with Crippen molar-refractivity contribution in [2.45, 2.75) is 20.0 Å². The Bertz CT molecular complexity index is 1150. The number of benzene rings is 1. The highest BCUT2D eigenvalue weighted by atomic mass is 35.5. The van der Waals surface area contributed by atoms with Gasteiger partial charge >= 0.3 is 5.69 Å². The molecule has 0 radical (unpaired) electrons. The number of nitrogens with zero attached hydrogens (tertiary/aromatic N) is 5. The van der Waals surface area contributed by atoms with Gasteiger partial charge in [-0.15, -0.1) is 0 Å². The topological polar surface area (TPSA) is 79.2 Å². The van der Waals surface area contributed by atoms with Crippen molar-refractivity contribution < 1.29 is 0 Å². The second-order valence-corrected chi connectivity index (χ2v) is 7.92. The third-order valence-corrected chi connectivity index (χ3v) is 6.11. The molecule has 0 saturated carbocycles. The fraction of sp³-hybridized carbons (Fsp3) is 0.421. The van der Waals surface area contributed by atoms with Gasteiger partial charge in [-0.05, 0) is 19.1 Å². The molecule has 1 aliphatic rings. The van der Waals surface area contributed by atoms with Crippen LogP contribution in [0.5, 0.6) is 0 Å². The molecule has 1 aromatic carbocycles. The first-order valence-electron chi connectivity index (χ1n) is 9.50. The summed E-state index contributed by atoms with van der Waals surface area (Å²) in [7, 11) is 1.61. The van der Waals surface area contributed by atoms with E-state index >= 15 is 0 Å². The number of nitrogens with one attached hydrogen (secondary N) is 1. The van der Waals surface area contributed by atoms with Crippen LogP contribution < -0.4 is 16.1 Å². The largest absolute Gasteiger partial charge is 0.340 e. The van der Waals surface area contributed by atoms with Crippen molar-refractivity contribution in [1.29, 1.82) is 0 Å². The maximum absolute atomic E-state index is 12.4.